The molecule has 3 atom stereocenters. The first kappa shape index (κ1) is 25.6. The Morgan fingerprint density at radius 1 is 1.10 bits per heavy atom. The molecule has 4 heterocycles. The highest BCUT2D eigenvalue weighted by molar-refractivity contribution is 5.95. The number of carboxylic acid groups (broad SMARTS) is 1. The number of fused-ring (bicyclic) bond motifs is 2. The number of aliphatic carboxylic acids is 1. The van der Waals surface area contributed by atoms with Gasteiger partial charge in [-0.2, -0.15) is 5.26 Å². The number of nitriles is 1. The number of morpholine rings is 1. The third-order valence-electron chi connectivity index (χ3n) is 8.27. The third-order valence-corrected chi connectivity index (χ3v) is 8.27. The zero-order valence-electron chi connectivity index (χ0n) is 22.5. The van der Waals surface area contributed by atoms with Gasteiger partial charge in [-0.15, -0.1) is 0 Å². The van der Waals surface area contributed by atoms with Gasteiger partial charge in [-0.05, 0) is 61.5 Å². The Morgan fingerprint density at radius 3 is 2.77 bits per heavy atom. The van der Waals surface area contributed by atoms with Gasteiger partial charge in [0.2, 0.25) is 0 Å². The number of hydrogen-bond donors (Lipinski definition) is 1. The van der Waals surface area contributed by atoms with Gasteiger partial charge in [0.05, 0.1) is 23.3 Å². The standard InChI is InChI=1S/C30H34N6O3/c1-20-14-36(27-8-6-21(13-31)29-26(27)4-3-9-32-29)18-25(39-20)17-34-15-22-5-7-24(12-23(22)16-34)35-11-10-33(2)28(19-35)30(37)38/h3-9,12,20,25,28H,10-11,14-19H2,1-2H3,(H,37,38)/t20-,25+,28?/m1/s1. The number of carbonyl (C=O) groups is 1. The lowest BCUT2D eigenvalue weighted by atomic mass is 10.1. The minimum atomic E-state index is -0.768. The molecule has 0 aliphatic carbocycles. The average molecular weight is 527 g/mol. The van der Waals surface area contributed by atoms with E-state index in [4.69, 9.17) is 4.74 Å². The first-order valence-electron chi connectivity index (χ1n) is 13.6. The number of rotatable bonds is 5. The predicted octanol–water partition coefficient (Wildman–Crippen LogP) is 2.92. The smallest absolute Gasteiger partial charge is 0.322 e. The summed E-state index contributed by atoms with van der Waals surface area (Å²) in [6.07, 6.45) is 1.88. The number of carboxylic acids is 1. The SMILES string of the molecule is C[C@@H]1CN(c2ccc(C#N)c3ncccc23)C[C@H](CN2Cc3ccc(N4CCN(C)C(C(=O)O)C4)cc3C2)O1. The fraction of sp³-hybridized carbons (Fsp3) is 0.433. The van der Waals surface area contributed by atoms with Crippen LogP contribution in [0.15, 0.2) is 48.7 Å². The molecule has 39 heavy (non-hydrogen) atoms. The summed E-state index contributed by atoms with van der Waals surface area (Å²) in [5.41, 5.74) is 6.17. The van der Waals surface area contributed by atoms with E-state index >= 15 is 0 Å². The van der Waals surface area contributed by atoms with E-state index in [0.717, 1.165) is 68.1 Å². The molecule has 3 aliphatic heterocycles. The highest BCUT2D eigenvalue weighted by Gasteiger charge is 2.32. The van der Waals surface area contributed by atoms with Crippen molar-refractivity contribution in [3.63, 3.8) is 0 Å². The topological polar surface area (TPSA) is 96.2 Å². The van der Waals surface area contributed by atoms with Crippen molar-refractivity contribution in [2.45, 2.75) is 38.3 Å². The van der Waals surface area contributed by atoms with E-state index in [1.54, 1.807) is 6.20 Å². The molecule has 0 bridgehead atoms. The van der Waals surface area contributed by atoms with Gasteiger partial charge in [0.1, 0.15) is 12.1 Å². The second-order valence-corrected chi connectivity index (χ2v) is 11.0. The summed E-state index contributed by atoms with van der Waals surface area (Å²) in [5, 5.41) is 20.1. The molecule has 2 saturated heterocycles. The normalized spacial score (nSPS) is 24.1. The van der Waals surface area contributed by atoms with Crippen LogP contribution in [-0.2, 0) is 22.6 Å². The summed E-state index contributed by atoms with van der Waals surface area (Å²) in [6.45, 7) is 8.31. The van der Waals surface area contributed by atoms with Crippen LogP contribution in [0.1, 0.15) is 23.6 Å². The van der Waals surface area contributed by atoms with Gasteiger partial charge in [-0.3, -0.25) is 19.6 Å². The molecular weight excluding hydrogens is 492 g/mol. The van der Waals surface area contributed by atoms with Crippen LogP contribution >= 0.6 is 0 Å². The molecule has 0 amide bonds. The number of piperazine rings is 1. The molecule has 0 saturated carbocycles. The summed E-state index contributed by atoms with van der Waals surface area (Å²) in [7, 11) is 1.88. The third kappa shape index (κ3) is 5.03. The van der Waals surface area contributed by atoms with Crippen molar-refractivity contribution in [1.82, 2.24) is 14.8 Å². The lowest BCUT2D eigenvalue weighted by Crippen LogP contribution is -2.55. The van der Waals surface area contributed by atoms with Gasteiger partial charge in [0, 0.05) is 75.3 Å². The molecule has 0 radical (unpaired) electrons. The van der Waals surface area contributed by atoms with Crippen LogP contribution in [0.5, 0.6) is 0 Å². The molecule has 202 valence electrons. The highest BCUT2D eigenvalue weighted by atomic mass is 16.5. The molecule has 0 spiro atoms. The summed E-state index contributed by atoms with van der Waals surface area (Å²) in [5.74, 6) is -0.768. The van der Waals surface area contributed by atoms with Crippen molar-refractivity contribution < 1.29 is 14.6 Å². The largest absolute Gasteiger partial charge is 0.480 e. The Bertz CT molecular complexity index is 1440. The monoisotopic (exact) mass is 526 g/mol. The average Bonchev–Trinajstić information content (AvgIpc) is 3.33. The van der Waals surface area contributed by atoms with E-state index in [2.05, 4.69) is 50.9 Å². The Labute approximate surface area is 228 Å². The van der Waals surface area contributed by atoms with Crippen LogP contribution < -0.4 is 9.80 Å². The number of ether oxygens (including phenoxy) is 1. The number of anilines is 2. The molecule has 2 aromatic carbocycles. The molecule has 6 rings (SSSR count). The molecule has 1 aromatic heterocycles. The Balaban J connectivity index is 1.14. The van der Waals surface area contributed by atoms with Gasteiger partial charge in [-0.1, -0.05) is 6.07 Å². The van der Waals surface area contributed by atoms with Gasteiger partial charge in [0.15, 0.2) is 0 Å². The predicted molar refractivity (Wildman–Crippen MR) is 150 cm³/mol. The minimum absolute atomic E-state index is 0.0545. The maximum absolute atomic E-state index is 11.7. The Morgan fingerprint density at radius 2 is 1.95 bits per heavy atom. The van der Waals surface area contributed by atoms with E-state index in [0.29, 0.717) is 12.1 Å². The highest BCUT2D eigenvalue weighted by Crippen LogP contribution is 2.32. The molecule has 1 N–H and O–H groups in total. The Hall–Kier alpha value is -3.71. The molecule has 3 aromatic rings. The van der Waals surface area contributed by atoms with Crippen molar-refractivity contribution >= 4 is 28.2 Å². The summed E-state index contributed by atoms with van der Waals surface area (Å²) >= 11 is 0. The molecular formula is C30H34N6O3. The van der Waals surface area contributed by atoms with Crippen LogP contribution in [-0.4, -0.2) is 90.4 Å². The van der Waals surface area contributed by atoms with E-state index < -0.39 is 12.0 Å². The lowest BCUT2D eigenvalue weighted by molar-refractivity contribution is -0.142. The fourth-order valence-electron chi connectivity index (χ4n) is 6.31. The van der Waals surface area contributed by atoms with Gasteiger partial charge < -0.3 is 19.6 Å². The fourth-order valence-corrected chi connectivity index (χ4v) is 6.31. The van der Waals surface area contributed by atoms with Crippen LogP contribution in [0, 0.1) is 11.3 Å². The summed E-state index contributed by atoms with van der Waals surface area (Å²) in [4.78, 5) is 25.1. The molecule has 9 heteroatoms. The van der Waals surface area contributed by atoms with Crippen molar-refractivity contribution in [2.24, 2.45) is 0 Å². The molecule has 1 unspecified atom stereocenters. The lowest BCUT2D eigenvalue weighted by Gasteiger charge is -2.40. The van der Waals surface area contributed by atoms with Gasteiger partial charge in [0.25, 0.3) is 0 Å². The van der Waals surface area contributed by atoms with E-state index in [9.17, 15) is 15.2 Å². The molecule has 9 nitrogen and oxygen atoms in total. The number of nitrogens with zero attached hydrogens (tertiary/aromatic N) is 6. The molecule has 3 aliphatic rings. The minimum Gasteiger partial charge on any atom is -0.480 e. The number of benzene rings is 2. The first-order chi connectivity index (χ1) is 18.9. The molecule has 2 fully saturated rings. The van der Waals surface area contributed by atoms with Gasteiger partial charge in [-0.25, -0.2) is 0 Å². The Kier molecular flexibility index (Phi) is 6.85. The number of pyridine rings is 1. The van der Waals surface area contributed by atoms with Crippen molar-refractivity contribution in [2.75, 3.05) is 56.1 Å². The van der Waals surface area contributed by atoms with E-state index in [1.165, 1.54) is 11.1 Å². The zero-order valence-corrected chi connectivity index (χ0v) is 22.5. The van der Waals surface area contributed by atoms with E-state index in [1.807, 2.05) is 36.2 Å². The number of aromatic nitrogens is 1. The van der Waals surface area contributed by atoms with Crippen LogP contribution in [0.3, 0.4) is 0 Å². The van der Waals surface area contributed by atoms with Gasteiger partial charge >= 0.3 is 5.97 Å². The van der Waals surface area contributed by atoms with Crippen molar-refractivity contribution in [3.8, 4) is 6.07 Å². The van der Waals surface area contributed by atoms with Crippen LogP contribution in [0.2, 0.25) is 0 Å². The summed E-state index contributed by atoms with van der Waals surface area (Å²) < 4.78 is 6.40. The van der Waals surface area contributed by atoms with E-state index in [-0.39, 0.29) is 12.2 Å². The zero-order chi connectivity index (χ0) is 27.1. The van der Waals surface area contributed by atoms with Crippen molar-refractivity contribution in [3.05, 3.63) is 65.4 Å². The maximum atomic E-state index is 11.7. The van der Waals surface area contributed by atoms with Crippen molar-refractivity contribution in [1.29, 1.82) is 5.26 Å². The summed E-state index contributed by atoms with van der Waals surface area (Å²) in [6, 6.07) is 16.2. The number of likely N-dealkylation sites (N-methyl/N-ethyl adjacent to an activating group) is 1. The first-order valence-corrected chi connectivity index (χ1v) is 13.6. The van der Waals surface area contributed by atoms with Crippen LogP contribution in [0.25, 0.3) is 10.9 Å². The van der Waals surface area contributed by atoms with Crippen LogP contribution in [0.4, 0.5) is 11.4 Å². The quantitative estimate of drug-likeness (QED) is 0.538. The second-order valence-electron chi connectivity index (χ2n) is 11.0. The number of hydrogen-bond acceptors (Lipinski definition) is 8. The maximum Gasteiger partial charge on any atom is 0.322 e. The second kappa shape index (κ2) is 10.5.